The van der Waals surface area contributed by atoms with E-state index in [2.05, 4.69) is 61.0 Å². The van der Waals surface area contributed by atoms with E-state index in [1.54, 1.807) is 0 Å². The van der Waals surface area contributed by atoms with E-state index in [4.69, 9.17) is 4.74 Å². The lowest BCUT2D eigenvalue weighted by molar-refractivity contribution is 0.301. The second kappa shape index (κ2) is 5.57. The van der Waals surface area contributed by atoms with Gasteiger partial charge in [0, 0.05) is 4.47 Å². The lowest BCUT2D eigenvalue weighted by Crippen LogP contribution is -2.00. The maximum absolute atomic E-state index is 5.97. The van der Waals surface area contributed by atoms with Gasteiger partial charge in [0.05, 0.1) is 0 Å². The van der Waals surface area contributed by atoms with Gasteiger partial charge in [0.25, 0.3) is 0 Å². The number of aryl methyl sites for hydroxylation is 2. The minimum Gasteiger partial charge on any atom is -0.488 e. The van der Waals surface area contributed by atoms with Gasteiger partial charge in [0.15, 0.2) is 0 Å². The maximum Gasteiger partial charge on any atom is 0.125 e. The van der Waals surface area contributed by atoms with Gasteiger partial charge in [-0.15, -0.1) is 0 Å². The average molecular weight is 305 g/mol. The fraction of sp³-hybridized carbons (Fsp3) is 0.250. The predicted octanol–water partition coefficient (Wildman–Crippen LogP) is 4.95. The molecule has 0 aliphatic carbocycles. The Hall–Kier alpha value is -1.28. The highest BCUT2D eigenvalue weighted by Gasteiger charge is 2.06. The summed E-state index contributed by atoms with van der Waals surface area (Å²) in [5.74, 6) is 1.01. The van der Waals surface area contributed by atoms with E-state index >= 15 is 0 Å². The Morgan fingerprint density at radius 3 is 2.44 bits per heavy atom. The van der Waals surface area contributed by atoms with Gasteiger partial charge < -0.3 is 4.74 Å². The molecule has 0 saturated heterocycles. The summed E-state index contributed by atoms with van der Waals surface area (Å²) in [7, 11) is 0. The third-order valence-electron chi connectivity index (χ3n) is 3.15. The van der Waals surface area contributed by atoms with Crippen LogP contribution in [0.4, 0.5) is 0 Å². The van der Waals surface area contributed by atoms with Gasteiger partial charge in [0.2, 0.25) is 0 Å². The first-order valence-electron chi connectivity index (χ1n) is 6.02. The second-order valence-electron chi connectivity index (χ2n) is 4.57. The normalized spacial score (nSPS) is 10.4. The van der Waals surface area contributed by atoms with Gasteiger partial charge in [-0.1, -0.05) is 40.2 Å². The Labute approximate surface area is 117 Å². The Kier molecular flexibility index (Phi) is 4.07. The van der Waals surface area contributed by atoms with Crippen molar-refractivity contribution in [3.63, 3.8) is 0 Å². The van der Waals surface area contributed by atoms with Crippen molar-refractivity contribution in [3.05, 3.63) is 63.1 Å². The zero-order valence-electron chi connectivity index (χ0n) is 11.0. The lowest BCUT2D eigenvalue weighted by atomic mass is 10.1. The van der Waals surface area contributed by atoms with Crippen LogP contribution in [0, 0.1) is 20.8 Å². The molecule has 0 unspecified atom stereocenters. The fourth-order valence-corrected chi connectivity index (χ4v) is 2.38. The van der Waals surface area contributed by atoms with Crippen LogP contribution in [0.5, 0.6) is 5.75 Å². The summed E-state index contributed by atoms with van der Waals surface area (Å²) in [6.07, 6.45) is 0. The van der Waals surface area contributed by atoms with Gasteiger partial charge >= 0.3 is 0 Å². The van der Waals surface area contributed by atoms with Crippen molar-refractivity contribution in [2.24, 2.45) is 0 Å². The number of hydrogen-bond acceptors (Lipinski definition) is 1. The standard InChI is InChI=1S/C16H17BrO/c1-11-7-8-12(2)16(13(11)3)18-10-14-5-4-6-15(17)9-14/h4-9H,10H2,1-3H3. The maximum atomic E-state index is 5.97. The molecule has 0 radical (unpaired) electrons. The zero-order valence-corrected chi connectivity index (χ0v) is 12.5. The van der Waals surface area contributed by atoms with Crippen LogP contribution >= 0.6 is 15.9 Å². The van der Waals surface area contributed by atoms with Gasteiger partial charge in [-0.3, -0.25) is 0 Å². The summed E-state index contributed by atoms with van der Waals surface area (Å²) < 4.78 is 7.05. The third-order valence-corrected chi connectivity index (χ3v) is 3.64. The zero-order chi connectivity index (χ0) is 13.1. The number of ether oxygens (including phenoxy) is 1. The molecule has 0 atom stereocenters. The minimum absolute atomic E-state index is 0.602. The van der Waals surface area contributed by atoms with Gasteiger partial charge in [0.1, 0.15) is 12.4 Å². The van der Waals surface area contributed by atoms with Crippen molar-refractivity contribution >= 4 is 15.9 Å². The van der Waals surface area contributed by atoms with E-state index in [-0.39, 0.29) is 0 Å². The van der Waals surface area contributed by atoms with E-state index in [1.165, 1.54) is 22.3 Å². The molecule has 0 heterocycles. The summed E-state index contributed by atoms with van der Waals surface area (Å²) in [6, 6.07) is 12.5. The van der Waals surface area contributed by atoms with Crippen molar-refractivity contribution < 1.29 is 4.74 Å². The Balaban J connectivity index is 2.18. The van der Waals surface area contributed by atoms with E-state index in [1.807, 2.05) is 12.1 Å². The van der Waals surface area contributed by atoms with Crippen LogP contribution in [0.3, 0.4) is 0 Å². The van der Waals surface area contributed by atoms with Crippen molar-refractivity contribution in [1.82, 2.24) is 0 Å². The van der Waals surface area contributed by atoms with Crippen molar-refractivity contribution in [1.29, 1.82) is 0 Å². The van der Waals surface area contributed by atoms with Crippen LogP contribution in [0.2, 0.25) is 0 Å². The molecule has 0 aromatic heterocycles. The molecule has 0 saturated carbocycles. The van der Waals surface area contributed by atoms with E-state index in [0.29, 0.717) is 6.61 Å². The summed E-state index contributed by atoms with van der Waals surface area (Å²) in [4.78, 5) is 0. The Morgan fingerprint density at radius 2 is 1.72 bits per heavy atom. The van der Waals surface area contributed by atoms with Crippen LogP contribution in [0.15, 0.2) is 40.9 Å². The van der Waals surface area contributed by atoms with E-state index in [9.17, 15) is 0 Å². The van der Waals surface area contributed by atoms with Crippen LogP contribution in [-0.2, 0) is 6.61 Å². The first-order chi connectivity index (χ1) is 8.58. The van der Waals surface area contributed by atoms with Crippen LogP contribution in [-0.4, -0.2) is 0 Å². The molecule has 94 valence electrons. The van der Waals surface area contributed by atoms with E-state index in [0.717, 1.165) is 10.2 Å². The quantitative estimate of drug-likeness (QED) is 0.779. The number of rotatable bonds is 3. The highest BCUT2D eigenvalue weighted by atomic mass is 79.9. The molecule has 0 spiro atoms. The summed E-state index contributed by atoms with van der Waals surface area (Å²) in [5.41, 5.74) is 4.85. The third kappa shape index (κ3) is 2.94. The molecule has 18 heavy (non-hydrogen) atoms. The molecule has 1 nitrogen and oxygen atoms in total. The number of hydrogen-bond donors (Lipinski definition) is 0. The van der Waals surface area contributed by atoms with Gasteiger partial charge in [-0.05, 0) is 55.2 Å². The van der Waals surface area contributed by atoms with Crippen LogP contribution in [0.25, 0.3) is 0 Å². The molecule has 2 rings (SSSR count). The molecular formula is C16H17BrO. The molecular weight excluding hydrogens is 288 g/mol. The van der Waals surface area contributed by atoms with Crippen molar-refractivity contribution in [2.45, 2.75) is 27.4 Å². The van der Waals surface area contributed by atoms with Gasteiger partial charge in [-0.2, -0.15) is 0 Å². The smallest absolute Gasteiger partial charge is 0.125 e. The first-order valence-corrected chi connectivity index (χ1v) is 6.81. The Bertz CT molecular complexity index is 561. The monoisotopic (exact) mass is 304 g/mol. The Morgan fingerprint density at radius 1 is 1.00 bits per heavy atom. The minimum atomic E-state index is 0.602. The van der Waals surface area contributed by atoms with Crippen molar-refractivity contribution in [2.75, 3.05) is 0 Å². The number of benzene rings is 2. The molecule has 0 fully saturated rings. The summed E-state index contributed by atoms with van der Waals surface area (Å²) in [6.45, 7) is 6.91. The predicted molar refractivity (Wildman–Crippen MR) is 79.1 cm³/mol. The largest absolute Gasteiger partial charge is 0.488 e. The highest BCUT2D eigenvalue weighted by Crippen LogP contribution is 2.26. The van der Waals surface area contributed by atoms with Crippen molar-refractivity contribution in [3.8, 4) is 5.75 Å². The highest BCUT2D eigenvalue weighted by molar-refractivity contribution is 9.10. The topological polar surface area (TPSA) is 9.23 Å². The molecule has 0 amide bonds. The lowest BCUT2D eigenvalue weighted by Gasteiger charge is -2.14. The SMILES string of the molecule is Cc1ccc(C)c(OCc2cccc(Br)c2)c1C. The average Bonchev–Trinajstić information content (AvgIpc) is 2.34. The molecule has 2 aromatic rings. The van der Waals surface area contributed by atoms with Crippen LogP contribution in [0.1, 0.15) is 22.3 Å². The molecule has 2 aromatic carbocycles. The van der Waals surface area contributed by atoms with Gasteiger partial charge in [-0.25, -0.2) is 0 Å². The molecule has 0 N–H and O–H groups in total. The van der Waals surface area contributed by atoms with E-state index < -0.39 is 0 Å². The first kappa shape index (κ1) is 13.2. The molecule has 2 heteroatoms. The fourth-order valence-electron chi connectivity index (χ4n) is 1.93. The second-order valence-corrected chi connectivity index (χ2v) is 5.49. The molecule has 0 bridgehead atoms. The molecule has 0 aliphatic heterocycles. The summed E-state index contributed by atoms with van der Waals surface area (Å²) in [5, 5.41) is 0. The van der Waals surface area contributed by atoms with Crippen LogP contribution < -0.4 is 4.74 Å². The molecule has 0 aliphatic rings. The summed E-state index contributed by atoms with van der Waals surface area (Å²) >= 11 is 3.47. The number of halogens is 1.